The van der Waals surface area contributed by atoms with Crippen molar-refractivity contribution in [3.05, 3.63) is 46.7 Å². The first-order valence-corrected chi connectivity index (χ1v) is 9.97. The summed E-state index contributed by atoms with van der Waals surface area (Å²) < 4.78 is 0. The molecule has 0 bridgehead atoms. The van der Waals surface area contributed by atoms with Gasteiger partial charge in [-0.1, -0.05) is 23.9 Å². The summed E-state index contributed by atoms with van der Waals surface area (Å²) in [5.74, 6) is 0.0216. The van der Waals surface area contributed by atoms with Crippen LogP contribution >= 0.6 is 23.1 Å². The average Bonchev–Trinajstić information content (AvgIpc) is 3.36. The topological polar surface area (TPSA) is 57.7 Å². The van der Waals surface area contributed by atoms with Crippen molar-refractivity contribution in [2.45, 2.75) is 12.5 Å². The highest BCUT2D eigenvalue weighted by Gasteiger charge is 2.40. The van der Waals surface area contributed by atoms with E-state index in [0.29, 0.717) is 25.1 Å². The Kier molecular flexibility index (Phi) is 4.35. The van der Waals surface area contributed by atoms with Gasteiger partial charge in [0.25, 0.3) is 11.1 Å². The lowest BCUT2D eigenvalue weighted by atomic mass is 10.1. The molecule has 0 spiro atoms. The molecule has 0 saturated carbocycles. The third kappa shape index (κ3) is 3.09. The molecule has 2 fully saturated rings. The Morgan fingerprint density at radius 1 is 1.08 bits per heavy atom. The Labute approximate surface area is 153 Å². The van der Waals surface area contributed by atoms with E-state index in [0.717, 1.165) is 22.9 Å². The largest absolute Gasteiger partial charge is 0.336 e. The van der Waals surface area contributed by atoms with E-state index in [1.165, 1.54) is 4.90 Å². The van der Waals surface area contributed by atoms with Crippen LogP contribution in [-0.2, 0) is 4.79 Å². The number of hydrogen-bond acceptors (Lipinski definition) is 5. The fraction of sp³-hybridized carbons (Fsp3) is 0.278. The zero-order valence-electron chi connectivity index (χ0n) is 13.4. The van der Waals surface area contributed by atoms with Crippen molar-refractivity contribution < 1.29 is 14.4 Å². The Bertz CT molecular complexity index is 801. The maximum Gasteiger partial charge on any atom is 0.289 e. The zero-order valence-corrected chi connectivity index (χ0v) is 15.0. The predicted molar refractivity (Wildman–Crippen MR) is 98.8 cm³/mol. The van der Waals surface area contributed by atoms with Crippen LogP contribution in [0.25, 0.3) is 11.1 Å². The molecule has 2 saturated heterocycles. The lowest BCUT2D eigenvalue weighted by Crippen LogP contribution is -2.41. The summed E-state index contributed by atoms with van der Waals surface area (Å²) >= 11 is 2.68. The number of nitrogens with zero attached hydrogens (tertiary/aromatic N) is 2. The molecule has 5 nitrogen and oxygen atoms in total. The Morgan fingerprint density at radius 3 is 2.52 bits per heavy atom. The highest BCUT2D eigenvalue weighted by molar-refractivity contribution is 8.14. The fourth-order valence-corrected chi connectivity index (χ4v) is 4.71. The first-order valence-electron chi connectivity index (χ1n) is 8.04. The molecule has 3 amide bonds. The van der Waals surface area contributed by atoms with Gasteiger partial charge in [0, 0.05) is 18.7 Å². The van der Waals surface area contributed by atoms with Crippen molar-refractivity contribution in [2.75, 3.05) is 18.8 Å². The van der Waals surface area contributed by atoms with E-state index in [1.807, 2.05) is 29.6 Å². The van der Waals surface area contributed by atoms with Gasteiger partial charge in [-0.25, -0.2) is 0 Å². The second kappa shape index (κ2) is 6.65. The van der Waals surface area contributed by atoms with Gasteiger partial charge < -0.3 is 4.90 Å². The van der Waals surface area contributed by atoms with Crippen LogP contribution in [0.15, 0.2) is 41.1 Å². The molecule has 2 aliphatic heterocycles. The number of likely N-dealkylation sites (tertiary alicyclic amines) is 1. The Morgan fingerprint density at radius 2 is 1.88 bits per heavy atom. The number of carbonyl (C=O) groups excluding carboxylic acids is 3. The third-order valence-electron chi connectivity index (χ3n) is 4.59. The molecule has 2 aliphatic rings. The first-order chi connectivity index (χ1) is 12.1. The van der Waals surface area contributed by atoms with Gasteiger partial charge in [0.15, 0.2) is 0 Å². The molecule has 2 aromatic rings. The highest BCUT2D eigenvalue weighted by atomic mass is 32.2. The van der Waals surface area contributed by atoms with Crippen LogP contribution in [0.3, 0.4) is 0 Å². The molecule has 128 valence electrons. The van der Waals surface area contributed by atoms with Gasteiger partial charge in [0.2, 0.25) is 5.91 Å². The van der Waals surface area contributed by atoms with Crippen LogP contribution in [0.4, 0.5) is 4.79 Å². The number of amides is 3. The number of rotatable bonds is 3. The second-order valence-corrected chi connectivity index (χ2v) is 7.81. The summed E-state index contributed by atoms with van der Waals surface area (Å²) in [6.45, 7) is 0.987. The van der Waals surface area contributed by atoms with E-state index in [1.54, 1.807) is 16.2 Å². The van der Waals surface area contributed by atoms with Crippen molar-refractivity contribution in [3.8, 4) is 11.1 Å². The lowest BCUT2D eigenvalue weighted by Gasteiger charge is -2.22. The Balaban J connectivity index is 1.45. The standard InChI is InChI=1S/C18H16N2O3S2/c21-16-11-25-18(23)20(16)15-5-7-19(9-15)17(22)13-3-1-12(2-4-13)14-6-8-24-10-14/h1-4,6,8,10,15H,5,7,9,11H2. The molecule has 7 heteroatoms. The highest BCUT2D eigenvalue weighted by Crippen LogP contribution is 2.27. The zero-order chi connectivity index (χ0) is 17.4. The predicted octanol–water partition coefficient (Wildman–Crippen LogP) is 3.33. The molecule has 25 heavy (non-hydrogen) atoms. The summed E-state index contributed by atoms with van der Waals surface area (Å²) in [7, 11) is 0. The monoisotopic (exact) mass is 372 g/mol. The smallest absolute Gasteiger partial charge is 0.289 e. The van der Waals surface area contributed by atoms with E-state index >= 15 is 0 Å². The maximum absolute atomic E-state index is 12.7. The summed E-state index contributed by atoms with van der Waals surface area (Å²) in [5, 5.41) is 3.91. The molecule has 1 unspecified atom stereocenters. The second-order valence-electron chi connectivity index (χ2n) is 6.10. The third-order valence-corrected chi connectivity index (χ3v) is 6.10. The number of thiophene rings is 1. The SMILES string of the molecule is O=C(c1ccc(-c2ccsc2)cc1)N1CCC(N2C(=O)CSC2=O)C1. The average molecular weight is 372 g/mol. The van der Waals surface area contributed by atoms with Gasteiger partial charge in [-0.15, -0.1) is 0 Å². The number of thioether (sulfide) groups is 1. The van der Waals surface area contributed by atoms with Crippen LogP contribution < -0.4 is 0 Å². The van der Waals surface area contributed by atoms with Gasteiger partial charge in [-0.3, -0.25) is 19.3 Å². The van der Waals surface area contributed by atoms with E-state index in [2.05, 4.69) is 11.4 Å². The molecule has 4 rings (SSSR count). The number of hydrogen-bond donors (Lipinski definition) is 0. The molecule has 3 heterocycles. The minimum absolute atomic E-state index is 0.0499. The van der Waals surface area contributed by atoms with Crippen LogP contribution in [-0.4, -0.2) is 51.7 Å². The quantitative estimate of drug-likeness (QED) is 0.829. The minimum Gasteiger partial charge on any atom is -0.336 e. The van der Waals surface area contributed by atoms with E-state index in [4.69, 9.17) is 0 Å². The molecule has 0 aliphatic carbocycles. The van der Waals surface area contributed by atoms with Crippen molar-refractivity contribution in [3.63, 3.8) is 0 Å². The lowest BCUT2D eigenvalue weighted by molar-refractivity contribution is -0.126. The molecule has 1 aromatic heterocycles. The number of imide groups is 1. The van der Waals surface area contributed by atoms with Gasteiger partial charge in [0.1, 0.15) is 0 Å². The maximum atomic E-state index is 12.7. The summed E-state index contributed by atoms with van der Waals surface area (Å²) in [4.78, 5) is 39.4. The van der Waals surface area contributed by atoms with Crippen molar-refractivity contribution in [2.24, 2.45) is 0 Å². The summed E-state index contributed by atoms with van der Waals surface area (Å²) in [6.07, 6.45) is 0.650. The van der Waals surface area contributed by atoms with Gasteiger partial charge in [0.05, 0.1) is 11.8 Å². The molecule has 1 aromatic carbocycles. The van der Waals surface area contributed by atoms with Crippen molar-refractivity contribution in [1.29, 1.82) is 0 Å². The van der Waals surface area contributed by atoms with Crippen LogP contribution in [0.5, 0.6) is 0 Å². The molecular formula is C18H16N2O3S2. The number of benzene rings is 1. The van der Waals surface area contributed by atoms with E-state index in [-0.39, 0.29) is 28.8 Å². The van der Waals surface area contributed by atoms with Crippen molar-refractivity contribution >= 4 is 40.2 Å². The minimum atomic E-state index is -0.191. The van der Waals surface area contributed by atoms with Gasteiger partial charge in [-0.2, -0.15) is 11.3 Å². The van der Waals surface area contributed by atoms with Gasteiger partial charge in [-0.05, 0) is 46.5 Å². The molecule has 0 radical (unpaired) electrons. The van der Waals surface area contributed by atoms with Gasteiger partial charge >= 0.3 is 0 Å². The molecular weight excluding hydrogens is 356 g/mol. The molecule has 0 N–H and O–H groups in total. The first kappa shape index (κ1) is 16.4. The summed E-state index contributed by atoms with van der Waals surface area (Å²) in [6, 6.07) is 9.44. The molecule has 1 atom stereocenters. The van der Waals surface area contributed by atoms with Crippen molar-refractivity contribution in [1.82, 2.24) is 9.80 Å². The normalized spacial score (nSPS) is 20.6. The van der Waals surface area contributed by atoms with Crippen LogP contribution in [0.2, 0.25) is 0 Å². The van der Waals surface area contributed by atoms with E-state index in [9.17, 15) is 14.4 Å². The van der Waals surface area contributed by atoms with Crippen LogP contribution in [0, 0.1) is 0 Å². The number of carbonyl (C=O) groups is 3. The van der Waals surface area contributed by atoms with Crippen LogP contribution in [0.1, 0.15) is 16.8 Å². The Hall–Kier alpha value is -2.12. The van der Waals surface area contributed by atoms with E-state index < -0.39 is 0 Å². The fourth-order valence-electron chi connectivity index (χ4n) is 3.27. The summed E-state index contributed by atoms with van der Waals surface area (Å²) in [5.41, 5.74) is 2.87.